The number of amides is 1. The standard InChI is InChI=1S/C15H12F3N5OS/c16-15(17,18)13-19-9-3-1-2-4-10(9)23(13)7-11(24)20-14-22-21-12(25-14)8-5-6-8/h1-4,8H,5-7H2,(H,20,22,24). The number of fused-ring (bicyclic) bond motifs is 1. The molecule has 0 bridgehead atoms. The highest BCUT2D eigenvalue weighted by molar-refractivity contribution is 7.15. The van der Waals surface area contributed by atoms with Gasteiger partial charge >= 0.3 is 6.18 Å². The van der Waals surface area contributed by atoms with Gasteiger partial charge in [-0.15, -0.1) is 10.2 Å². The zero-order chi connectivity index (χ0) is 17.6. The Hall–Kier alpha value is -2.49. The van der Waals surface area contributed by atoms with Gasteiger partial charge < -0.3 is 4.57 Å². The summed E-state index contributed by atoms with van der Waals surface area (Å²) < 4.78 is 40.6. The second-order valence-corrected chi connectivity index (χ2v) is 6.79. The molecule has 130 valence electrons. The molecule has 1 aliphatic rings. The van der Waals surface area contributed by atoms with E-state index in [1.807, 2.05) is 0 Å². The maximum absolute atomic E-state index is 13.2. The number of aromatic nitrogens is 4. The molecule has 0 saturated heterocycles. The molecule has 1 N–H and O–H groups in total. The van der Waals surface area contributed by atoms with Crippen LogP contribution in [0.25, 0.3) is 11.0 Å². The number of anilines is 1. The summed E-state index contributed by atoms with van der Waals surface area (Å²) >= 11 is 1.26. The first-order chi connectivity index (χ1) is 11.9. The predicted octanol–water partition coefficient (Wildman–Crippen LogP) is 3.42. The van der Waals surface area contributed by atoms with E-state index in [1.165, 1.54) is 23.5 Å². The highest BCUT2D eigenvalue weighted by Crippen LogP contribution is 2.42. The van der Waals surface area contributed by atoms with E-state index in [0.717, 1.165) is 22.4 Å². The van der Waals surface area contributed by atoms with Crippen LogP contribution in [-0.4, -0.2) is 25.7 Å². The van der Waals surface area contributed by atoms with E-state index in [4.69, 9.17) is 0 Å². The van der Waals surface area contributed by atoms with Gasteiger partial charge in [0.1, 0.15) is 11.6 Å². The third-order valence-electron chi connectivity index (χ3n) is 3.82. The van der Waals surface area contributed by atoms with Crippen molar-refractivity contribution in [2.24, 2.45) is 0 Å². The Bertz CT molecular complexity index is 944. The summed E-state index contributed by atoms with van der Waals surface area (Å²) in [6.45, 7) is -0.506. The number of hydrogen-bond donors (Lipinski definition) is 1. The molecule has 0 atom stereocenters. The Morgan fingerprint density at radius 2 is 2.04 bits per heavy atom. The summed E-state index contributed by atoms with van der Waals surface area (Å²) in [6, 6.07) is 6.18. The largest absolute Gasteiger partial charge is 0.449 e. The van der Waals surface area contributed by atoms with Crippen molar-refractivity contribution in [3.05, 3.63) is 35.1 Å². The minimum absolute atomic E-state index is 0.189. The number of halogens is 3. The van der Waals surface area contributed by atoms with E-state index in [-0.39, 0.29) is 11.0 Å². The summed E-state index contributed by atoms with van der Waals surface area (Å²) in [7, 11) is 0. The Balaban J connectivity index is 1.59. The summed E-state index contributed by atoms with van der Waals surface area (Å²) in [5.41, 5.74) is 0.440. The normalized spacial score (nSPS) is 14.8. The molecule has 0 unspecified atom stereocenters. The maximum Gasteiger partial charge on any atom is 0.449 e. The smallest absolute Gasteiger partial charge is 0.311 e. The number of hydrogen-bond acceptors (Lipinski definition) is 5. The molecule has 1 fully saturated rings. The van der Waals surface area contributed by atoms with Gasteiger partial charge in [-0.2, -0.15) is 13.2 Å². The van der Waals surface area contributed by atoms with Gasteiger partial charge in [-0.3, -0.25) is 10.1 Å². The first-order valence-corrected chi connectivity index (χ1v) is 8.39. The number of imidazole rings is 1. The number of carbonyl (C=O) groups excluding carboxylic acids is 1. The van der Waals surface area contributed by atoms with Crippen LogP contribution < -0.4 is 5.32 Å². The molecule has 10 heteroatoms. The molecule has 4 rings (SSSR count). The highest BCUT2D eigenvalue weighted by atomic mass is 32.1. The zero-order valence-electron chi connectivity index (χ0n) is 12.7. The molecule has 1 amide bonds. The van der Waals surface area contributed by atoms with E-state index in [9.17, 15) is 18.0 Å². The number of benzene rings is 1. The quantitative estimate of drug-likeness (QED) is 0.767. The van der Waals surface area contributed by atoms with Gasteiger partial charge in [0, 0.05) is 5.92 Å². The molecule has 3 aromatic rings. The van der Waals surface area contributed by atoms with Crippen LogP contribution in [0.2, 0.25) is 0 Å². The van der Waals surface area contributed by atoms with Crippen molar-refractivity contribution in [3.63, 3.8) is 0 Å². The molecule has 0 spiro atoms. The Morgan fingerprint density at radius 1 is 1.28 bits per heavy atom. The molecule has 2 heterocycles. The van der Waals surface area contributed by atoms with Crippen molar-refractivity contribution in [1.29, 1.82) is 0 Å². The molecule has 0 radical (unpaired) electrons. The van der Waals surface area contributed by atoms with E-state index in [0.29, 0.717) is 11.0 Å². The Labute approximate surface area is 143 Å². The lowest BCUT2D eigenvalue weighted by Crippen LogP contribution is -2.23. The molecule has 1 aliphatic carbocycles. The molecule has 0 aliphatic heterocycles. The van der Waals surface area contributed by atoms with E-state index in [2.05, 4.69) is 20.5 Å². The molecule has 1 aromatic carbocycles. The molecule has 1 saturated carbocycles. The van der Waals surface area contributed by atoms with E-state index >= 15 is 0 Å². The summed E-state index contributed by atoms with van der Waals surface area (Å²) in [4.78, 5) is 15.8. The Morgan fingerprint density at radius 3 is 2.76 bits per heavy atom. The fourth-order valence-electron chi connectivity index (χ4n) is 2.53. The second kappa shape index (κ2) is 5.80. The van der Waals surface area contributed by atoms with Gasteiger partial charge in [0.05, 0.1) is 11.0 Å². The lowest BCUT2D eigenvalue weighted by Gasteiger charge is -2.10. The Kier molecular flexibility index (Phi) is 3.71. The van der Waals surface area contributed by atoms with Crippen LogP contribution in [0.1, 0.15) is 29.6 Å². The number of carbonyl (C=O) groups is 1. The fraction of sp³-hybridized carbons (Fsp3) is 0.333. The summed E-state index contributed by atoms with van der Waals surface area (Å²) in [5, 5.41) is 11.5. The van der Waals surface area contributed by atoms with Crippen LogP contribution in [0.5, 0.6) is 0 Å². The monoisotopic (exact) mass is 367 g/mol. The van der Waals surface area contributed by atoms with Crippen molar-refractivity contribution < 1.29 is 18.0 Å². The van der Waals surface area contributed by atoms with E-state index < -0.39 is 24.5 Å². The van der Waals surface area contributed by atoms with Gasteiger partial charge in [-0.25, -0.2) is 4.98 Å². The predicted molar refractivity (Wildman–Crippen MR) is 85.2 cm³/mol. The molecule has 6 nitrogen and oxygen atoms in total. The van der Waals surface area contributed by atoms with E-state index in [1.54, 1.807) is 12.1 Å². The minimum Gasteiger partial charge on any atom is -0.311 e. The molecular formula is C15H12F3N5OS. The SMILES string of the molecule is O=C(Cn1c(C(F)(F)F)nc2ccccc21)Nc1nnc(C2CC2)s1. The number of rotatable bonds is 4. The lowest BCUT2D eigenvalue weighted by molar-refractivity contribution is -0.147. The first kappa shape index (κ1) is 16.0. The van der Waals surface area contributed by atoms with Crippen molar-refractivity contribution in [1.82, 2.24) is 19.7 Å². The van der Waals surface area contributed by atoms with Crippen LogP contribution in [0.15, 0.2) is 24.3 Å². The van der Waals surface area contributed by atoms with Crippen LogP contribution in [0.4, 0.5) is 18.3 Å². The van der Waals surface area contributed by atoms with Gasteiger partial charge in [0.15, 0.2) is 0 Å². The van der Waals surface area contributed by atoms with Crippen LogP contribution >= 0.6 is 11.3 Å². The topological polar surface area (TPSA) is 72.7 Å². The molecular weight excluding hydrogens is 355 g/mol. The number of alkyl halides is 3. The number of para-hydroxylation sites is 2. The average molecular weight is 367 g/mol. The molecule has 25 heavy (non-hydrogen) atoms. The van der Waals surface area contributed by atoms with Crippen molar-refractivity contribution >= 4 is 33.4 Å². The number of nitrogens with one attached hydrogen (secondary N) is 1. The van der Waals surface area contributed by atoms with Crippen molar-refractivity contribution in [2.75, 3.05) is 5.32 Å². The average Bonchev–Trinajstić information content (AvgIpc) is 3.19. The first-order valence-electron chi connectivity index (χ1n) is 7.57. The van der Waals surface area contributed by atoms with Gasteiger partial charge in [0.2, 0.25) is 16.9 Å². The number of nitrogens with zero attached hydrogens (tertiary/aromatic N) is 4. The summed E-state index contributed by atoms with van der Waals surface area (Å²) in [5.74, 6) is -1.30. The van der Waals surface area contributed by atoms with Gasteiger partial charge in [-0.05, 0) is 25.0 Å². The lowest BCUT2D eigenvalue weighted by atomic mass is 10.3. The van der Waals surface area contributed by atoms with Crippen molar-refractivity contribution in [3.8, 4) is 0 Å². The van der Waals surface area contributed by atoms with Gasteiger partial charge in [-0.1, -0.05) is 23.5 Å². The summed E-state index contributed by atoms with van der Waals surface area (Å²) in [6.07, 6.45) is -2.54. The third kappa shape index (κ3) is 3.21. The molecule has 2 aromatic heterocycles. The fourth-order valence-corrected chi connectivity index (χ4v) is 3.46. The zero-order valence-corrected chi connectivity index (χ0v) is 13.6. The van der Waals surface area contributed by atoms with Crippen molar-refractivity contribution in [2.45, 2.75) is 31.5 Å². The van der Waals surface area contributed by atoms with Gasteiger partial charge in [0.25, 0.3) is 0 Å². The van der Waals surface area contributed by atoms with Crippen LogP contribution in [0.3, 0.4) is 0 Å². The van der Waals surface area contributed by atoms with Crippen LogP contribution in [0, 0.1) is 0 Å². The third-order valence-corrected chi connectivity index (χ3v) is 4.82. The highest BCUT2D eigenvalue weighted by Gasteiger charge is 2.38. The minimum atomic E-state index is -4.65. The van der Waals surface area contributed by atoms with Crippen LogP contribution in [-0.2, 0) is 17.5 Å². The maximum atomic E-state index is 13.2. The second-order valence-electron chi connectivity index (χ2n) is 5.78.